The summed E-state index contributed by atoms with van der Waals surface area (Å²) < 4.78 is 1.76. The third-order valence-corrected chi connectivity index (χ3v) is 6.27. The van der Waals surface area contributed by atoms with Crippen molar-refractivity contribution in [1.82, 2.24) is 0 Å². The van der Waals surface area contributed by atoms with Gasteiger partial charge in [-0.3, -0.25) is 0 Å². The maximum atomic E-state index is 2.37. The zero-order valence-electron chi connectivity index (χ0n) is 12.7. The molecular formula is C15H25Cl3Zr. The van der Waals surface area contributed by atoms with Crippen LogP contribution < -0.4 is 37.2 Å². The summed E-state index contributed by atoms with van der Waals surface area (Å²) >= 11 is 1.64. The average molecular weight is 403 g/mol. The van der Waals surface area contributed by atoms with Gasteiger partial charge in [0, 0.05) is 0 Å². The zero-order chi connectivity index (χ0) is 12.3. The number of halogens is 3. The normalized spacial score (nSPS) is 16.8. The molecule has 0 amide bonds. The van der Waals surface area contributed by atoms with Crippen LogP contribution in [0.4, 0.5) is 0 Å². The van der Waals surface area contributed by atoms with Crippen LogP contribution in [0.25, 0.3) is 0 Å². The standard InChI is InChI=1S/C15H25.3ClH.Zr/c1-6-12-11-15(9-4,10-5)14(8-3)13(12)7-2;;;;/h6-10H2,1-5H3;3*1H;/q;;;;+3/p-3. The maximum absolute atomic E-state index is 2.37. The number of allylic oxidation sites excluding steroid dienone is 4. The van der Waals surface area contributed by atoms with E-state index in [0.717, 1.165) is 0 Å². The second-order valence-electron chi connectivity index (χ2n) is 4.66. The Hall–Kier alpha value is 1.23. The fourth-order valence-electron chi connectivity index (χ4n) is 3.46. The molecule has 1 rings (SSSR count). The summed E-state index contributed by atoms with van der Waals surface area (Å²) in [5.74, 6) is 0. The minimum absolute atomic E-state index is 0. The van der Waals surface area contributed by atoms with Crippen LogP contribution in [0.2, 0.25) is 0 Å². The van der Waals surface area contributed by atoms with Gasteiger partial charge in [0.2, 0.25) is 0 Å². The average Bonchev–Trinajstić information content (AvgIpc) is 2.56. The van der Waals surface area contributed by atoms with Gasteiger partial charge in [0.15, 0.2) is 0 Å². The molecule has 0 unspecified atom stereocenters. The van der Waals surface area contributed by atoms with E-state index in [2.05, 4.69) is 34.6 Å². The summed E-state index contributed by atoms with van der Waals surface area (Å²) in [6.45, 7) is 11.7. The van der Waals surface area contributed by atoms with Crippen molar-refractivity contribution in [3.05, 3.63) is 20.0 Å². The van der Waals surface area contributed by atoms with Gasteiger partial charge in [0.25, 0.3) is 0 Å². The monoisotopic (exact) mass is 400 g/mol. The Labute approximate surface area is 153 Å². The Morgan fingerprint density at radius 1 is 0.737 bits per heavy atom. The molecule has 0 aromatic rings. The number of hydrogen-bond donors (Lipinski definition) is 0. The molecule has 110 valence electrons. The molecule has 0 heterocycles. The summed E-state index contributed by atoms with van der Waals surface area (Å²) in [6, 6.07) is 0. The molecule has 0 fully saturated rings. The van der Waals surface area contributed by atoms with Crippen LogP contribution in [-0.4, -0.2) is 0 Å². The summed E-state index contributed by atoms with van der Waals surface area (Å²) in [5.41, 5.74) is 5.63. The third kappa shape index (κ3) is 4.12. The topological polar surface area (TPSA) is 0 Å². The summed E-state index contributed by atoms with van der Waals surface area (Å²) in [6.07, 6.45) is 6.29. The summed E-state index contributed by atoms with van der Waals surface area (Å²) in [7, 11) is 0. The largest absolute Gasteiger partial charge is 1.00 e. The SMILES string of the molecule is CCC1=[C]([Zr+3])C(CC)(CC)C(CC)=C1CC.[Cl-].[Cl-].[Cl-]. The second kappa shape index (κ2) is 10.9. The first-order chi connectivity index (χ1) is 7.62. The van der Waals surface area contributed by atoms with Gasteiger partial charge in [0.1, 0.15) is 0 Å². The molecule has 0 bridgehead atoms. The first-order valence-corrected chi connectivity index (χ1v) is 8.03. The van der Waals surface area contributed by atoms with E-state index in [1.54, 1.807) is 44.7 Å². The molecule has 0 aromatic carbocycles. The number of rotatable bonds is 5. The van der Waals surface area contributed by atoms with Gasteiger partial charge < -0.3 is 37.2 Å². The molecule has 0 N–H and O–H groups in total. The molecule has 0 saturated carbocycles. The molecule has 0 aromatic heterocycles. The molecule has 0 saturated heterocycles. The van der Waals surface area contributed by atoms with Crippen molar-refractivity contribution in [2.75, 3.05) is 0 Å². The van der Waals surface area contributed by atoms with Crippen molar-refractivity contribution < 1.29 is 61.9 Å². The zero-order valence-corrected chi connectivity index (χ0v) is 17.4. The Morgan fingerprint density at radius 2 is 1.16 bits per heavy atom. The van der Waals surface area contributed by atoms with Crippen molar-refractivity contribution in [3.8, 4) is 0 Å². The van der Waals surface area contributed by atoms with E-state index in [9.17, 15) is 0 Å². The van der Waals surface area contributed by atoms with Crippen molar-refractivity contribution in [2.45, 2.75) is 66.7 Å². The van der Waals surface area contributed by atoms with Crippen LogP contribution in [-0.2, 0) is 24.7 Å². The predicted molar refractivity (Wildman–Crippen MR) is 67.9 cm³/mol. The van der Waals surface area contributed by atoms with Gasteiger partial charge in [-0.1, -0.05) is 0 Å². The molecule has 0 radical (unpaired) electrons. The smallest absolute Gasteiger partial charge is 1.00 e. The Balaban J connectivity index is -0.000000853. The van der Waals surface area contributed by atoms with Crippen LogP contribution in [0, 0.1) is 5.41 Å². The minimum atomic E-state index is 0. The second-order valence-corrected chi connectivity index (χ2v) is 5.89. The van der Waals surface area contributed by atoms with Crippen molar-refractivity contribution in [2.24, 2.45) is 5.41 Å². The quantitative estimate of drug-likeness (QED) is 0.442. The maximum Gasteiger partial charge on any atom is -1.00 e. The van der Waals surface area contributed by atoms with Crippen LogP contribution in [0.1, 0.15) is 66.7 Å². The third-order valence-electron chi connectivity index (χ3n) is 4.35. The van der Waals surface area contributed by atoms with Crippen molar-refractivity contribution >= 4 is 0 Å². The van der Waals surface area contributed by atoms with E-state index >= 15 is 0 Å². The van der Waals surface area contributed by atoms with Gasteiger partial charge in [0.05, 0.1) is 0 Å². The number of hydrogen-bond acceptors (Lipinski definition) is 0. The Kier molecular flexibility index (Phi) is 14.4. The Morgan fingerprint density at radius 3 is 1.42 bits per heavy atom. The molecule has 4 heteroatoms. The van der Waals surface area contributed by atoms with E-state index < -0.39 is 0 Å². The summed E-state index contributed by atoms with van der Waals surface area (Å²) in [5, 5.41) is 0. The first-order valence-electron chi connectivity index (χ1n) is 6.80. The predicted octanol–water partition coefficient (Wildman–Crippen LogP) is -3.85. The molecule has 1 aliphatic carbocycles. The summed E-state index contributed by atoms with van der Waals surface area (Å²) in [4.78, 5) is 0. The van der Waals surface area contributed by atoms with Gasteiger partial charge in [-0.05, 0) is 0 Å². The van der Waals surface area contributed by atoms with E-state index in [-0.39, 0.29) is 37.2 Å². The molecule has 0 spiro atoms. The molecule has 19 heavy (non-hydrogen) atoms. The molecule has 0 nitrogen and oxygen atoms in total. The van der Waals surface area contributed by atoms with Gasteiger partial charge in [-0.15, -0.1) is 0 Å². The fourth-order valence-corrected chi connectivity index (χ4v) is 5.51. The molecule has 0 aliphatic heterocycles. The van der Waals surface area contributed by atoms with Crippen molar-refractivity contribution in [3.63, 3.8) is 0 Å². The van der Waals surface area contributed by atoms with Crippen LogP contribution >= 0.6 is 0 Å². The first kappa shape index (κ1) is 25.2. The van der Waals surface area contributed by atoms with Gasteiger partial charge in [-0.2, -0.15) is 0 Å². The van der Waals surface area contributed by atoms with E-state index in [0.29, 0.717) is 5.41 Å². The van der Waals surface area contributed by atoms with Crippen LogP contribution in [0.3, 0.4) is 0 Å². The van der Waals surface area contributed by atoms with Crippen molar-refractivity contribution in [1.29, 1.82) is 0 Å². The molecular weight excluding hydrogens is 378 g/mol. The van der Waals surface area contributed by atoms with E-state index in [1.165, 1.54) is 32.1 Å². The Bertz CT molecular complexity index is 328. The van der Waals surface area contributed by atoms with Crippen LogP contribution in [0.15, 0.2) is 20.0 Å². The van der Waals surface area contributed by atoms with Crippen LogP contribution in [0.5, 0.6) is 0 Å². The fraction of sp³-hybridized carbons (Fsp3) is 0.733. The van der Waals surface area contributed by atoms with E-state index in [4.69, 9.17) is 0 Å². The minimum Gasteiger partial charge on any atom is -1.00 e. The van der Waals surface area contributed by atoms with E-state index in [1.807, 2.05) is 0 Å². The van der Waals surface area contributed by atoms with Gasteiger partial charge in [-0.25, -0.2) is 0 Å². The molecule has 0 atom stereocenters. The molecule has 1 aliphatic rings. The van der Waals surface area contributed by atoms with Gasteiger partial charge >= 0.3 is 117 Å².